The SMILES string of the molecule is CCC(C)C(C)(O)CNCc1cnc(C2CCCC2)s1. The third kappa shape index (κ3) is 4.03. The number of aromatic nitrogens is 1. The number of aliphatic hydroxyl groups is 1. The van der Waals surface area contributed by atoms with E-state index in [1.807, 2.05) is 24.5 Å². The zero-order valence-corrected chi connectivity index (χ0v) is 13.8. The summed E-state index contributed by atoms with van der Waals surface area (Å²) in [6.07, 6.45) is 8.34. The number of thiazole rings is 1. The van der Waals surface area contributed by atoms with Crippen LogP contribution < -0.4 is 5.32 Å². The van der Waals surface area contributed by atoms with Gasteiger partial charge in [-0.3, -0.25) is 0 Å². The lowest BCUT2D eigenvalue weighted by atomic mass is 9.89. The normalized spacial score (nSPS) is 21.0. The van der Waals surface area contributed by atoms with Gasteiger partial charge in [0.15, 0.2) is 0 Å². The van der Waals surface area contributed by atoms with E-state index < -0.39 is 5.60 Å². The first-order valence-corrected chi connectivity index (χ1v) is 8.72. The van der Waals surface area contributed by atoms with Crippen LogP contribution >= 0.6 is 11.3 Å². The van der Waals surface area contributed by atoms with E-state index in [9.17, 15) is 5.11 Å². The van der Waals surface area contributed by atoms with Gasteiger partial charge >= 0.3 is 0 Å². The van der Waals surface area contributed by atoms with Gasteiger partial charge in [0.1, 0.15) is 0 Å². The van der Waals surface area contributed by atoms with Crippen LogP contribution in [0, 0.1) is 5.92 Å². The van der Waals surface area contributed by atoms with Crippen LogP contribution in [-0.4, -0.2) is 22.2 Å². The van der Waals surface area contributed by atoms with Crippen molar-refractivity contribution in [3.63, 3.8) is 0 Å². The molecule has 0 bridgehead atoms. The van der Waals surface area contributed by atoms with Crippen LogP contribution in [0.5, 0.6) is 0 Å². The minimum Gasteiger partial charge on any atom is -0.389 e. The fourth-order valence-electron chi connectivity index (χ4n) is 2.82. The summed E-state index contributed by atoms with van der Waals surface area (Å²) in [4.78, 5) is 5.86. The number of nitrogens with zero attached hydrogens (tertiary/aromatic N) is 1. The molecule has 1 heterocycles. The van der Waals surface area contributed by atoms with Gasteiger partial charge in [0.05, 0.1) is 10.6 Å². The maximum atomic E-state index is 10.4. The van der Waals surface area contributed by atoms with E-state index in [0.717, 1.165) is 13.0 Å². The van der Waals surface area contributed by atoms with E-state index in [4.69, 9.17) is 0 Å². The second-order valence-corrected chi connectivity index (χ2v) is 7.56. The van der Waals surface area contributed by atoms with Gasteiger partial charge in [0.25, 0.3) is 0 Å². The average Bonchev–Trinajstić information content (AvgIpc) is 3.07. The third-order valence-corrected chi connectivity index (χ3v) is 5.89. The van der Waals surface area contributed by atoms with Crippen molar-refractivity contribution in [1.82, 2.24) is 10.3 Å². The van der Waals surface area contributed by atoms with Crippen LogP contribution in [0.4, 0.5) is 0 Å². The zero-order chi connectivity index (χ0) is 14.6. The second kappa shape index (κ2) is 7.01. The fraction of sp³-hybridized carbons (Fsp3) is 0.812. The fourth-order valence-corrected chi connectivity index (χ4v) is 3.87. The van der Waals surface area contributed by atoms with Crippen LogP contribution in [-0.2, 0) is 6.54 Å². The summed E-state index contributed by atoms with van der Waals surface area (Å²) in [6.45, 7) is 7.60. The molecule has 114 valence electrons. The molecule has 0 spiro atoms. The Morgan fingerprint density at radius 1 is 1.50 bits per heavy atom. The standard InChI is InChI=1S/C16H28N2OS/c1-4-12(2)16(3,19)11-17-9-14-10-18-15(20-14)13-7-5-6-8-13/h10,12-13,17,19H,4-9,11H2,1-3H3. The van der Waals surface area contributed by atoms with E-state index in [-0.39, 0.29) is 0 Å². The summed E-state index contributed by atoms with van der Waals surface area (Å²) in [5.41, 5.74) is -0.631. The highest BCUT2D eigenvalue weighted by Gasteiger charge is 2.26. The molecule has 0 aliphatic heterocycles. The Morgan fingerprint density at radius 2 is 2.20 bits per heavy atom. The molecule has 0 radical (unpaired) electrons. The Hall–Kier alpha value is -0.450. The molecule has 0 aromatic carbocycles. The molecule has 1 aliphatic carbocycles. The number of rotatable bonds is 7. The van der Waals surface area contributed by atoms with Gasteiger partial charge in [-0.25, -0.2) is 4.98 Å². The topological polar surface area (TPSA) is 45.1 Å². The van der Waals surface area contributed by atoms with E-state index in [1.54, 1.807) is 0 Å². The maximum Gasteiger partial charge on any atom is 0.0959 e. The summed E-state index contributed by atoms with van der Waals surface area (Å²) in [5, 5.41) is 15.1. The predicted molar refractivity (Wildman–Crippen MR) is 85.1 cm³/mol. The lowest BCUT2D eigenvalue weighted by Gasteiger charge is -2.29. The molecule has 0 saturated heterocycles. The van der Waals surface area contributed by atoms with Crippen LogP contribution in [0.15, 0.2) is 6.20 Å². The van der Waals surface area contributed by atoms with Crippen molar-refractivity contribution >= 4 is 11.3 Å². The summed E-state index contributed by atoms with van der Waals surface area (Å²) in [6, 6.07) is 0. The van der Waals surface area contributed by atoms with Crippen molar-refractivity contribution in [2.75, 3.05) is 6.54 Å². The Bertz CT molecular complexity index is 410. The Labute approximate surface area is 126 Å². The van der Waals surface area contributed by atoms with Gasteiger partial charge < -0.3 is 10.4 Å². The molecular weight excluding hydrogens is 268 g/mol. The minimum absolute atomic E-state index is 0.311. The molecule has 1 aromatic rings. The van der Waals surface area contributed by atoms with Crippen molar-refractivity contribution in [2.45, 2.75) is 70.9 Å². The smallest absolute Gasteiger partial charge is 0.0959 e. The van der Waals surface area contributed by atoms with Crippen molar-refractivity contribution in [3.8, 4) is 0 Å². The van der Waals surface area contributed by atoms with Gasteiger partial charge in [-0.05, 0) is 25.7 Å². The third-order valence-electron chi connectivity index (χ3n) is 4.73. The lowest BCUT2D eigenvalue weighted by molar-refractivity contribution is 0.00539. The van der Waals surface area contributed by atoms with Gasteiger partial charge in [-0.2, -0.15) is 0 Å². The first-order valence-electron chi connectivity index (χ1n) is 7.90. The molecule has 1 aliphatic rings. The van der Waals surface area contributed by atoms with Crippen LogP contribution in [0.2, 0.25) is 0 Å². The van der Waals surface area contributed by atoms with E-state index in [1.165, 1.54) is 35.6 Å². The monoisotopic (exact) mass is 296 g/mol. The molecular formula is C16H28N2OS. The van der Waals surface area contributed by atoms with Crippen LogP contribution in [0.1, 0.15) is 68.7 Å². The Balaban J connectivity index is 1.79. The van der Waals surface area contributed by atoms with Crippen molar-refractivity contribution in [2.24, 2.45) is 5.92 Å². The summed E-state index contributed by atoms with van der Waals surface area (Å²) in [5.74, 6) is 1.02. The highest BCUT2D eigenvalue weighted by atomic mass is 32.1. The van der Waals surface area contributed by atoms with Crippen LogP contribution in [0.25, 0.3) is 0 Å². The van der Waals surface area contributed by atoms with Gasteiger partial charge in [-0.1, -0.05) is 33.1 Å². The molecule has 0 amide bonds. The van der Waals surface area contributed by atoms with E-state index in [0.29, 0.717) is 18.4 Å². The summed E-state index contributed by atoms with van der Waals surface area (Å²) < 4.78 is 0. The molecule has 2 rings (SSSR count). The van der Waals surface area contributed by atoms with Crippen molar-refractivity contribution < 1.29 is 5.11 Å². The first-order chi connectivity index (χ1) is 9.53. The maximum absolute atomic E-state index is 10.4. The van der Waals surface area contributed by atoms with Crippen molar-refractivity contribution in [1.29, 1.82) is 0 Å². The predicted octanol–water partition coefficient (Wildman–Crippen LogP) is 3.69. The minimum atomic E-state index is -0.631. The Kier molecular flexibility index (Phi) is 5.58. The summed E-state index contributed by atoms with van der Waals surface area (Å²) >= 11 is 1.84. The molecule has 2 unspecified atom stereocenters. The Morgan fingerprint density at radius 3 is 2.85 bits per heavy atom. The second-order valence-electron chi connectivity index (χ2n) is 6.42. The summed E-state index contributed by atoms with van der Waals surface area (Å²) in [7, 11) is 0. The molecule has 20 heavy (non-hydrogen) atoms. The highest BCUT2D eigenvalue weighted by Crippen LogP contribution is 2.36. The molecule has 3 nitrogen and oxygen atoms in total. The number of nitrogens with one attached hydrogen (secondary N) is 1. The van der Waals surface area contributed by atoms with E-state index >= 15 is 0 Å². The molecule has 2 atom stereocenters. The highest BCUT2D eigenvalue weighted by molar-refractivity contribution is 7.11. The molecule has 1 aromatic heterocycles. The molecule has 4 heteroatoms. The van der Waals surface area contributed by atoms with Gasteiger partial charge in [0.2, 0.25) is 0 Å². The zero-order valence-electron chi connectivity index (χ0n) is 13.0. The lowest BCUT2D eigenvalue weighted by Crippen LogP contribution is -2.42. The largest absolute Gasteiger partial charge is 0.389 e. The molecule has 1 saturated carbocycles. The molecule has 2 N–H and O–H groups in total. The average molecular weight is 296 g/mol. The molecule has 1 fully saturated rings. The number of hydrogen-bond acceptors (Lipinski definition) is 4. The van der Waals surface area contributed by atoms with Gasteiger partial charge in [-0.15, -0.1) is 11.3 Å². The van der Waals surface area contributed by atoms with Crippen LogP contribution in [0.3, 0.4) is 0 Å². The van der Waals surface area contributed by atoms with Crippen molar-refractivity contribution in [3.05, 3.63) is 16.1 Å². The van der Waals surface area contributed by atoms with Gasteiger partial charge in [0, 0.05) is 30.1 Å². The quantitative estimate of drug-likeness (QED) is 0.806. The number of hydrogen-bond donors (Lipinski definition) is 2. The first kappa shape index (κ1) is 15.9. The van der Waals surface area contributed by atoms with E-state index in [2.05, 4.69) is 24.1 Å².